The third-order valence-electron chi connectivity index (χ3n) is 3.46. The van der Waals surface area contributed by atoms with Crippen LogP contribution in [0.3, 0.4) is 0 Å². The lowest BCUT2D eigenvalue weighted by Crippen LogP contribution is -2.50. The topological polar surface area (TPSA) is 55.6 Å². The van der Waals surface area contributed by atoms with Crippen molar-refractivity contribution in [1.29, 1.82) is 0 Å². The summed E-state index contributed by atoms with van der Waals surface area (Å²) in [5.41, 5.74) is 7.79. The number of amides is 1. The maximum Gasteiger partial charge on any atom is 0.236 e. The minimum atomic E-state index is -0.0436. The molecule has 0 unspecified atom stereocenters. The summed E-state index contributed by atoms with van der Waals surface area (Å²) >= 11 is 0. The molecule has 2 N–H and O–H groups in total. The quantitative estimate of drug-likeness (QED) is 0.856. The number of carbonyl (C=O) groups is 1. The first kappa shape index (κ1) is 13.1. The van der Waals surface area contributed by atoms with E-state index in [-0.39, 0.29) is 24.6 Å². The number of benzene rings is 1. The molecular weight excluding hydrogens is 228 g/mol. The van der Waals surface area contributed by atoms with E-state index in [4.69, 9.17) is 10.5 Å². The highest BCUT2D eigenvalue weighted by molar-refractivity contribution is 5.78. The van der Waals surface area contributed by atoms with Gasteiger partial charge in [-0.3, -0.25) is 4.79 Å². The van der Waals surface area contributed by atoms with Crippen LogP contribution in [0.2, 0.25) is 0 Å². The second-order valence-electron chi connectivity index (χ2n) is 4.78. The number of nitrogens with zero attached hydrogens (tertiary/aromatic N) is 1. The standard InChI is InChI=1S/C14H20N2O2/c1-10-5-3-4-6-12(10)13-8-16(14(17)7-15)11(2)9-18-13/h3-6,11,13H,7-9,15H2,1-2H3/t11-,13-/m0/s1. The van der Waals surface area contributed by atoms with Crippen LogP contribution in [0.1, 0.15) is 24.2 Å². The predicted molar refractivity (Wildman–Crippen MR) is 70.1 cm³/mol. The molecule has 1 fully saturated rings. The molecule has 1 aliphatic heterocycles. The summed E-state index contributed by atoms with van der Waals surface area (Å²) in [6.07, 6.45) is -0.0436. The van der Waals surface area contributed by atoms with E-state index in [1.165, 1.54) is 5.56 Å². The van der Waals surface area contributed by atoms with Crippen molar-refractivity contribution in [2.75, 3.05) is 19.7 Å². The fourth-order valence-electron chi connectivity index (χ4n) is 2.36. The molecule has 18 heavy (non-hydrogen) atoms. The summed E-state index contributed by atoms with van der Waals surface area (Å²) in [7, 11) is 0. The van der Waals surface area contributed by atoms with E-state index in [1.807, 2.05) is 24.0 Å². The first-order valence-corrected chi connectivity index (χ1v) is 6.30. The van der Waals surface area contributed by atoms with E-state index in [2.05, 4.69) is 19.1 Å². The highest BCUT2D eigenvalue weighted by Gasteiger charge is 2.30. The molecule has 1 amide bonds. The summed E-state index contributed by atoms with van der Waals surface area (Å²) < 4.78 is 5.85. The van der Waals surface area contributed by atoms with Crippen LogP contribution >= 0.6 is 0 Å². The maximum absolute atomic E-state index is 11.8. The Kier molecular flexibility index (Phi) is 3.99. The van der Waals surface area contributed by atoms with Crippen LogP contribution < -0.4 is 5.73 Å². The smallest absolute Gasteiger partial charge is 0.236 e. The summed E-state index contributed by atoms with van der Waals surface area (Å²) in [6.45, 7) is 5.26. The molecule has 0 spiro atoms. The van der Waals surface area contributed by atoms with Crippen molar-refractivity contribution >= 4 is 5.91 Å². The Bertz CT molecular complexity index is 434. The number of ether oxygens (including phenoxy) is 1. The molecule has 0 aromatic heterocycles. The third-order valence-corrected chi connectivity index (χ3v) is 3.46. The average Bonchev–Trinajstić information content (AvgIpc) is 2.39. The minimum absolute atomic E-state index is 0.00983. The van der Waals surface area contributed by atoms with Crippen molar-refractivity contribution in [2.24, 2.45) is 5.73 Å². The molecule has 4 heteroatoms. The molecule has 0 radical (unpaired) electrons. The van der Waals surface area contributed by atoms with Crippen LogP contribution in [-0.4, -0.2) is 36.5 Å². The van der Waals surface area contributed by atoms with Gasteiger partial charge in [-0.1, -0.05) is 24.3 Å². The van der Waals surface area contributed by atoms with Crippen LogP contribution in [0.15, 0.2) is 24.3 Å². The van der Waals surface area contributed by atoms with Crippen molar-refractivity contribution in [3.63, 3.8) is 0 Å². The number of nitrogens with two attached hydrogens (primary N) is 1. The van der Waals surface area contributed by atoms with Crippen LogP contribution in [-0.2, 0) is 9.53 Å². The Morgan fingerprint density at radius 2 is 2.22 bits per heavy atom. The van der Waals surface area contributed by atoms with Gasteiger partial charge in [-0.2, -0.15) is 0 Å². The fraction of sp³-hybridized carbons (Fsp3) is 0.500. The molecule has 1 heterocycles. The summed E-state index contributed by atoms with van der Waals surface area (Å²) in [5.74, 6) is -0.00983. The average molecular weight is 248 g/mol. The zero-order chi connectivity index (χ0) is 13.1. The van der Waals surface area contributed by atoms with Gasteiger partial charge in [0.25, 0.3) is 0 Å². The first-order valence-electron chi connectivity index (χ1n) is 6.30. The molecule has 0 aliphatic carbocycles. The third kappa shape index (κ3) is 2.54. The number of rotatable bonds is 2. The van der Waals surface area contributed by atoms with Crippen molar-refractivity contribution < 1.29 is 9.53 Å². The van der Waals surface area contributed by atoms with Crippen LogP contribution in [0.5, 0.6) is 0 Å². The van der Waals surface area contributed by atoms with Crippen molar-refractivity contribution in [3.8, 4) is 0 Å². The first-order chi connectivity index (χ1) is 8.63. The maximum atomic E-state index is 11.8. The Labute approximate surface area is 108 Å². The van der Waals surface area contributed by atoms with Crippen LogP contribution in [0, 0.1) is 6.92 Å². The second kappa shape index (κ2) is 5.50. The Morgan fingerprint density at radius 1 is 1.50 bits per heavy atom. The van der Waals surface area contributed by atoms with Gasteiger partial charge in [0, 0.05) is 0 Å². The van der Waals surface area contributed by atoms with E-state index in [0.29, 0.717) is 13.2 Å². The van der Waals surface area contributed by atoms with E-state index < -0.39 is 0 Å². The van der Waals surface area contributed by atoms with Gasteiger partial charge in [0.2, 0.25) is 5.91 Å². The number of aryl methyl sites for hydroxylation is 1. The van der Waals surface area contributed by atoms with E-state index in [1.54, 1.807) is 0 Å². The molecule has 1 aromatic rings. The summed E-state index contributed by atoms with van der Waals surface area (Å²) in [5, 5.41) is 0. The van der Waals surface area contributed by atoms with Gasteiger partial charge in [-0.25, -0.2) is 0 Å². The number of morpholine rings is 1. The Hall–Kier alpha value is -1.39. The molecule has 0 bridgehead atoms. The van der Waals surface area contributed by atoms with Gasteiger partial charge in [0.1, 0.15) is 6.10 Å². The molecular formula is C14H20N2O2. The van der Waals surface area contributed by atoms with E-state index in [0.717, 1.165) is 5.56 Å². The highest BCUT2D eigenvalue weighted by atomic mass is 16.5. The van der Waals surface area contributed by atoms with Gasteiger partial charge in [-0.05, 0) is 25.0 Å². The fourth-order valence-corrected chi connectivity index (χ4v) is 2.36. The van der Waals surface area contributed by atoms with Gasteiger partial charge in [0.15, 0.2) is 0 Å². The van der Waals surface area contributed by atoms with Gasteiger partial charge < -0.3 is 15.4 Å². The van der Waals surface area contributed by atoms with Crippen molar-refractivity contribution in [2.45, 2.75) is 26.0 Å². The van der Waals surface area contributed by atoms with Crippen molar-refractivity contribution in [1.82, 2.24) is 4.90 Å². The predicted octanol–water partition coefficient (Wildman–Crippen LogP) is 1.24. The second-order valence-corrected chi connectivity index (χ2v) is 4.78. The molecule has 2 rings (SSSR count). The van der Waals surface area contributed by atoms with E-state index >= 15 is 0 Å². The Morgan fingerprint density at radius 3 is 2.89 bits per heavy atom. The van der Waals surface area contributed by atoms with Crippen LogP contribution in [0.25, 0.3) is 0 Å². The van der Waals surface area contributed by atoms with Gasteiger partial charge in [0.05, 0.1) is 25.7 Å². The van der Waals surface area contributed by atoms with Gasteiger partial charge in [-0.15, -0.1) is 0 Å². The normalized spacial score (nSPS) is 24.1. The zero-order valence-corrected chi connectivity index (χ0v) is 10.9. The number of hydrogen-bond acceptors (Lipinski definition) is 3. The minimum Gasteiger partial charge on any atom is -0.370 e. The monoisotopic (exact) mass is 248 g/mol. The summed E-state index contributed by atoms with van der Waals surface area (Å²) in [6, 6.07) is 8.22. The zero-order valence-electron chi connectivity index (χ0n) is 10.9. The molecule has 98 valence electrons. The lowest BCUT2D eigenvalue weighted by atomic mass is 10.0. The molecule has 2 atom stereocenters. The molecule has 1 aliphatic rings. The SMILES string of the molecule is Cc1ccccc1[C@@H]1CN(C(=O)CN)[C@@H](C)CO1. The van der Waals surface area contributed by atoms with E-state index in [9.17, 15) is 4.79 Å². The molecule has 1 aromatic carbocycles. The molecule has 1 saturated heterocycles. The number of hydrogen-bond donors (Lipinski definition) is 1. The summed E-state index contributed by atoms with van der Waals surface area (Å²) in [4.78, 5) is 13.6. The van der Waals surface area contributed by atoms with Crippen LogP contribution in [0.4, 0.5) is 0 Å². The van der Waals surface area contributed by atoms with Gasteiger partial charge >= 0.3 is 0 Å². The largest absolute Gasteiger partial charge is 0.370 e. The Balaban J connectivity index is 2.17. The lowest BCUT2D eigenvalue weighted by Gasteiger charge is -2.38. The van der Waals surface area contributed by atoms with Crippen molar-refractivity contribution in [3.05, 3.63) is 35.4 Å². The lowest BCUT2D eigenvalue weighted by molar-refractivity contribution is -0.142. The number of carbonyl (C=O) groups excluding carboxylic acids is 1. The highest BCUT2D eigenvalue weighted by Crippen LogP contribution is 2.26. The molecule has 0 saturated carbocycles. The molecule has 4 nitrogen and oxygen atoms in total.